The minimum atomic E-state index is -0.0850. The Hall–Kier alpha value is -1.98. The van der Waals surface area contributed by atoms with Crippen LogP contribution < -0.4 is 10.6 Å². The van der Waals surface area contributed by atoms with Crippen molar-refractivity contribution in [3.8, 4) is 0 Å². The van der Waals surface area contributed by atoms with Crippen molar-refractivity contribution in [1.82, 2.24) is 20.1 Å². The Bertz CT molecular complexity index is 540. The Kier molecular flexibility index (Phi) is 6.07. The molecule has 0 radical (unpaired) electrons. The Morgan fingerprint density at radius 3 is 2.87 bits per heavy atom. The van der Waals surface area contributed by atoms with Gasteiger partial charge in [-0.25, -0.2) is 4.79 Å². The lowest BCUT2D eigenvalue weighted by Gasteiger charge is -2.32. The molecule has 2 rings (SSSR count). The van der Waals surface area contributed by atoms with Crippen LogP contribution in [-0.4, -0.2) is 47.6 Å². The van der Waals surface area contributed by atoms with Crippen molar-refractivity contribution in [2.75, 3.05) is 20.1 Å². The lowest BCUT2D eigenvalue weighted by Crippen LogP contribution is -2.50. The highest BCUT2D eigenvalue weighted by Crippen LogP contribution is 2.17. The molecule has 0 unspecified atom stereocenters. The van der Waals surface area contributed by atoms with Gasteiger partial charge in [0.1, 0.15) is 0 Å². The summed E-state index contributed by atoms with van der Waals surface area (Å²) in [5, 5.41) is 5.73. The number of amides is 3. The minimum Gasteiger partial charge on any atom is -0.359 e. The number of likely N-dealkylation sites (tertiary alicyclic amines) is 1. The van der Waals surface area contributed by atoms with Crippen molar-refractivity contribution in [1.29, 1.82) is 0 Å². The molecule has 0 bridgehead atoms. The van der Waals surface area contributed by atoms with Crippen LogP contribution in [0.25, 0.3) is 0 Å². The Morgan fingerprint density at radius 1 is 1.43 bits per heavy atom. The van der Waals surface area contributed by atoms with Crippen LogP contribution in [0.2, 0.25) is 0 Å². The molecule has 0 aliphatic carbocycles. The molecule has 2 atom stereocenters. The highest BCUT2D eigenvalue weighted by molar-refractivity contribution is 5.80. The van der Waals surface area contributed by atoms with E-state index in [1.165, 1.54) is 5.69 Å². The summed E-state index contributed by atoms with van der Waals surface area (Å²) < 4.78 is 2.10. The van der Waals surface area contributed by atoms with E-state index in [2.05, 4.69) is 21.3 Å². The predicted octanol–water partition coefficient (Wildman–Crippen LogP) is 1.51. The summed E-state index contributed by atoms with van der Waals surface area (Å²) in [6, 6.07) is 4.19. The van der Waals surface area contributed by atoms with E-state index in [-0.39, 0.29) is 23.9 Å². The van der Waals surface area contributed by atoms with Crippen molar-refractivity contribution >= 4 is 11.9 Å². The first-order chi connectivity index (χ1) is 11.0. The van der Waals surface area contributed by atoms with Crippen LogP contribution in [0.15, 0.2) is 18.3 Å². The fourth-order valence-electron chi connectivity index (χ4n) is 3.07. The monoisotopic (exact) mass is 320 g/mol. The smallest absolute Gasteiger partial charge is 0.317 e. The van der Waals surface area contributed by atoms with Crippen LogP contribution in [0.1, 0.15) is 31.9 Å². The molecule has 23 heavy (non-hydrogen) atoms. The lowest BCUT2D eigenvalue weighted by molar-refractivity contribution is -0.125. The summed E-state index contributed by atoms with van der Waals surface area (Å²) in [6.07, 6.45) is 5.60. The number of urea groups is 1. The van der Waals surface area contributed by atoms with Crippen molar-refractivity contribution in [2.24, 2.45) is 13.0 Å². The maximum Gasteiger partial charge on any atom is 0.317 e. The number of nitrogens with one attached hydrogen (secondary N) is 2. The summed E-state index contributed by atoms with van der Waals surface area (Å²) in [4.78, 5) is 25.9. The third-order valence-corrected chi connectivity index (χ3v) is 4.58. The number of carbonyl (C=O) groups excluding carboxylic acids is 2. The molecule has 6 nitrogen and oxygen atoms in total. The first-order valence-corrected chi connectivity index (χ1v) is 8.38. The van der Waals surface area contributed by atoms with Crippen molar-refractivity contribution in [3.63, 3.8) is 0 Å². The normalized spacial score (nSPS) is 19.3. The lowest BCUT2D eigenvalue weighted by atomic mass is 9.97. The molecule has 0 saturated carbocycles. The molecule has 6 heteroatoms. The molecule has 1 aromatic heterocycles. The fraction of sp³-hybridized carbons (Fsp3) is 0.647. The number of aryl methyl sites for hydroxylation is 2. The first-order valence-electron chi connectivity index (χ1n) is 8.38. The molecule has 2 N–H and O–H groups in total. The van der Waals surface area contributed by atoms with E-state index in [4.69, 9.17) is 0 Å². The average Bonchev–Trinajstić information content (AvgIpc) is 2.97. The molecular formula is C17H28N4O2. The van der Waals surface area contributed by atoms with Crippen molar-refractivity contribution in [2.45, 2.75) is 38.6 Å². The second kappa shape index (κ2) is 8.04. The Labute approximate surface area is 138 Å². The molecule has 1 aromatic rings. The highest BCUT2D eigenvalue weighted by Gasteiger charge is 2.28. The summed E-state index contributed by atoms with van der Waals surface area (Å²) >= 11 is 0. The zero-order chi connectivity index (χ0) is 16.8. The summed E-state index contributed by atoms with van der Waals surface area (Å²) in [5.74, 6) is -0.0579. The number of aromatic nitrogens is 1. The minimum absolute atomic E-state index is 0.0271. The van der Waals surface area contributed by atoms with E-state index < -0.39 is 0 Å². The standard InChI is InChI=1S/C17H28N4O2/c1-13(8-9-15-7-5-10-20(15)3)19-17(23)21-11-4-6-14(12-21)16(22)18-2/h5,7,10,13-14H,4,6,8-9,11-12H2,1-3H3,(H,18,22)(H,19,23)/t13-,14-/m1/s1. The van der Waals surface area contributed by atoms with Crippen LogP contribution >= 0.6 is 0 Å². The Balaban J connectivity index is 1.78. The largest absolute Gasteiger partial charge is 0.359 e. The Morgan fingerprint density at radius 2 is 2.22 bits per heavy atom. The van der Waals surface area contributed by atoms with Gasteiger partial charge in [-0.05, 0) is 44.7 Å². The van der Waals surface area contributed by atoms with E-state index in [1.54, 1.807) is 11.9 Å². The van der Waals surface area contributed by atoms with E-state index in [1.807, 2.05) is 26.2 Å². The van der Waals surface area contributed by atoms with Gasteiger partial charge in [0.05, 0.1) is 5.92 Å². The maximum absolute atomic E-state index is 12.4. The SMILES string of the molecule is CNC(=O)[C@@H]1CCCN(C(=O)N[C@H](C)CCc2cccn2C)C1. The number of hydrogen-bond donors (Lipinski definition) is 2. The quantitative estimate of drug-likeness (QED) is 0.864. The summed E-state index contributed by atoms with van der Waals surface area (Å²) in [5.41, 5.74) is 1.27. The van der Waals surface area contributed by atoms with Crippen LogP contribution in [0.3, 0.4) is 0 Å². The molecule has 1 fully saturated rings. The van der Waals surface area contributed by atoms with Gasteiger partial charge in [-0.2, -0.15) is 0 Å². The summed E-state index contributed by atoms with van der Waals surface area (Å²) in [6.45, 7) is 3.26. The van der Waals surface area contributed by atoms with E-state index >= 15 is 0 Å². The van der Waals surface area contributed by atoms with Crippen LogP contribution in [0.4, 0.5) is 4.79 Å². The molecule has 3 amide bonds. The van der Waals surface area contributed by atoms with Gasteiger partial charge in [-0.15, -0.1) is 0 Å². The number of piperidine rings is 1. The molecule has 128 valence electrons. The van der Waals surface area contributed by atoms with Crippen LogP contribution in [0, 0.1) is 5.92 Å². The van der Waals surface area contributed by atoms with Crippen molar-refractivity contribution in [3.05, 3.63) is 24.0 Å². The zero-order valence-electron chi connectivity index (χ0n) is 14.3. The van der Waals surface area contributed by atoms with Crippen molar-refractivity contribution < 1.29 is 9.59 Å². The van der Waals surface area contributed by atoms with E-state index in [0.29, 0.717) is 6.54 Å². The van der Waals surface area contributed by atoms with Gasteiger partial charge in [-0.3, -0.25) is 4.79 Å². The highest BCUT2D eigenvalue weighted by atomic mass is 16.2. The second-order valence-corrected chi connectivity index (χ2v) is 6.40. The summed E-state index contributed by atoms with van der Waals surface area (Å²) in [7, 11) is 3.68. The van der Waals surface area contributed by atoms with Gasteiger partial charge in [0.15, 0.2) is 0 Å². The zero-order valence-corrected chi connectivity index (χ0v) is 14.3. The molecule has 1 saturated heterocycles. The molecule has 0 spiro atoms. The second-order valence-electron chi connectivity index (χ2n) is 6.40. The molecular weight excluding hydrogens is 292 g/mol. The molecule has 2 heterocycles. The third-order valence-electron chi connectivity index (χ3n) is 4.58. The molecule has 1 aliphatic rings. The van der Waals surface area contributed by atoms with Gasteiger partial charge < -0.3 is 20.1 Å². The average molecular weight is 320 g/mol. The fourth-order valence-corrected chi connectivity index (χ4v) is 3.07. The van der Waals surface area contributed by atoms with Gasteiger partial charge in [0, 0.05) is 45.1 Å². The number of nitrogens with zero attached hydrogens (tertiary/aromatic N) is 2. The van der Waals surface area contributed by atoms with E-state index in [9.17, 15) is 9.59 Å². The maximum atomic E-state index is 12.4. The first kappa shape index (κ1) is 17.4. The van der Waals surface area contributed by atoms with Gasteiger partial charge in [-0.1, -0.05) is 0 Å². The van der Waals surface area contributed by atoms with Crippen LogP contribution in [-0.2, 0) is 18.3 Å². The van der Waals surface area contributed by atoms with E-state index in [0.717, 1.165) is 32.2 Å². The van der Waals surface area contributed by atoms with Gasteiger partial charge in [0.25, 0.3) is 0 Å². The van der Waals surface area contributed by atoms with Crippen LogP contribution in [0.5, 0.6) is 0 Å². The van der Waals surface area contributed by atoms with Gasteiger partial charge >= 0.3 is 6.03 Å². The third kappa shape index (κ3) is 4.74. The van der Waals surface area contributed by atoms with Gasteiger partial charge in [0.2, 0.25) is 5.91 Å². The number of rotatable bonds is 5. The molecule has 0 aromatic carbocycles. The number of hydrogen-bond acceptors (Lipinski definition) is 2. The predicted molar refractivity (Wildman–Crippen MR) is 90.1 cm³/mol. The molecule has 1 aliphatic heterocycles. The topological polar surface area (TPSA) is 66.4 Å². The number of carbonyl (C=O) groups is 2.